The number of nitrogens with one attached hydrogen (secondary N) is 2. The van der Waals surface area contributed by atoms with Crippen molar-refractivity contribution in [3.05, 3.63) is 35.4 Å². The van der Waals surface area contributed by atoms with Crippen LogP contribution in [0.5, 0.6) is 0 Å². The first-order valence-corrected chi connectivity index (χ1v) is 9.25. The lowest BCUT2D eigenvalue weighted by molar-refractivity contribution is -0.137. The Morgan fingerprint density at radius 1 is 1.08 bits per heavy atom. The molecule has 0 atom stereocenters. The lowest BCUT2D eigenvalue weighted by atomic mass is 10.0. The van der Waals surface area contributed by atoms with Gasteiger partial charge in [-0.2, -0.15) is 0 Å². The smallest absolute Gasteiger partial charge is 0.235 e. The van der Waals surface area contributed by atoms with E-state index in [0.29, 0.717) is 19.4 Å². The van der Waals surface area contributed by atoms with Crippen molar-refractivity contribution in [3.8, 4) is 0 Å². The molecule has 4 nitrogen and oxygen atoms in total. The Morgan fingerprint density at radius 2 is 1.79 bits per heavy atom. The molecular formula is C20H28N2O2. The van der Waals surface area contributed by atoms with E-state index in [9.17, 15) is 9.59 Å². The molecular weight excluding hydrogens is 300 g/mol. The van der Waals surface area contributed by atoms with Crippen LogP contribution in [-0.4, -0.2) is 17.9 Å². The van der Waals surface area contributed by atoms with E-state index in [0.717, 1.165) is 18.4 Å². The van der Waals surface area contributed by atoms with Gasteiger partial charge in [-0.3, -0.25) is 9.59 Å². The molecule has 4 heteroatoms. The maximum atomic E-state index is 12.6. The van der Waals surface area contributed by atoms with E-state index in [1.165, 1.54) is 31.2 Å². The van der Waals surface area contributed by atoms with Gasteiger partial charge in [0.05, 0.1) is 0 Å². The molecule has 0 aromatic heterocycles. The SMILES string of the molecule is Cc1cccc(CNC(=O)C2(C(=O)NC3CCCCCC3)CC2)c1. The Balaban J connectivity index is 1.54. The Morgan fingerprint density at radius 3 is 2.42 bits per heavy atom. The minimum atomic E-state index is -0.809. The highest BCUT2D eigenvalue weighted by atomic mass is 16.2. The van der Waals surface area contributed by atoms with Crippen LogP contribution in [0, 0.1) is 12.3 Å². The van der Waals surface area contributed by atoms with E-state index in [2.05, 4.69) is 16.7 Å². The number of carbonyl (C=O) groups excluding carboxylic acids is 2. The number of benzene rings is 1. The summed E-state index contributed by atoms with van der Waals surface area (Å²) < 4.78 is 0. The zero-order valence-electron chi connectivity index (χ0n) is 14.6. The van der Waals surface area contributed by atoms with Crippen molar-refractivity contribution in [2.75, 3.05) is 0 Å². The molecule has 0 bridgehead atoms. The fourth-order valence-corrected chi connectivity index (χ4v) is 3.60. The van der Waals surface area contributed by atoms with E-state index in [4.69, 9.17) is 0 Å². The summed E-state index contributed by atoms with van der Waals surface area (Å²) in [7, 11) is 0. The van der Waals surface area contributed by atoms with Gasteiger partial charge in [-0.05, 0) is 38.2 Å². The number of rotatable bonds is 5. The third kappa shape index (κ3) is 3.97. The van der Waals surface area contributed by atoms with Crippen molar-refractivity contribution in [2.24, 2.45) is 5.41 Å². The van der Waals surface area contributed by atoms with Crippen molar-refractivity contribution in [3.63, 3.8) is 0 Å². The summed E-state index contributed by atoms with van der Waals surface area (Å²) in [5.74, 6) is -0.175. The normalized spacial score (nSPS) is 20.0. The van der Waals surface area contributed by atoms with Gasteiger partial charge in [-0.1, -0.05) is 55.5 Å². The molecule has 2 aliphatic rings. The van der Waals surface area contributed by atoms with Crippen molar-refractivity contribution in [1.82, 2.24) is 10.6 Å². The average molecular weight is 328 g/mol. The van der Waals surface area contributed by atoms with E-state index >= 15 is 0 Å². The summed E-state index contributed by atoms with van der Waals surface area (Å²) in [6.45, 7) is 2.52. The molecule has 0 aliphatic heterocycles. The van der Waals surface area contributed by atoms with Gasteiger partial charge in [0.2, 0.25) is 11.8 Å². The van der Waals surface area contributed by atoms with Gasteiger partial charge in [-0.15, -0.1) is 0 Å². The third-order valence-corrected chi connectivity index (χ3v) is 5.35. The first kappa shape index (κ1) is 17.0. The van der Waals surface area contributed by atoms with E-state index in [-0.39, 0.29) is 17.9 Å². The number of carbonyl (C=O) groups is 2. The number of amides is 2. The van der Waals surface area contributed by atoms with Crippen molar-refractivity contribution >= 4 is 11.8 Å². The molecule has 2 fully saturated rings. The van der Waals surface area contributed by atoms with E-state index in [1.54, 1.807) is 0 Å². The van der Waals surface area contributed by atoms with Gasteiger partial charge in [0.25, 0.3) is 0 Å². The van der Waals surface area contributed by atoms with Crippen LogP contribution in [0.4, 0.5) is 0 Å². The van der Waals surface area contributed by atoms with Gasteiger partial charge >= 0.3 is 0 Å². The Hall–Kier alpha value is -1.84. The van der Waals surface area contributed by atoms with Crippen molar-refractivity contribution in [2.45, 2.75) is 70.9 Å². The van der Waals surface area contributed by atoms with Crippen LogP contribution in [-0.2, 0) is 16.1 Å². The minimum Gasteiger partial charge on any atom is -0.352 e. The van der Waals surface area contributed by atoms with Gasteiger partial charge in [0, 0.05) is 12.6 Å². The van der Waals surface area contributed by atoms with Crippen LogP contribution in [0.15, 0.2) is 24.3 Å². The monoisotopic (exact) mass is 328 g/mol. The molecule has 3 rings (SSSR count). The summed E-state index contributed by atoms with van der Waals surface area (Å²) in [5.41, 5.74) is 1.44. The molecule has 2 N–H and O–H groups in total. The van der Waals surface area contributed by atoms with Gasteiger partial charge in [0.15, 0.2) is 0 Å². The molecule has 2 aliphatic carbocycles. The molecule has 0 heterocycles. The van der Waals surface area contributed by atoms with Crippen LogP contribution in [0.1, 0.15) is 62.5 Å². The summed E-state index contributed by atoms with van der Waals surface area (Å²) in [6.07, 6.45) is 8.31. The molecule has 1 aromatic carbocycles. The van der Waals surface area contributed by atoms with E-state index in [1.807, 2.05) is 25.1 Å². The maximum Gasteiger partial charge on any atom is 0.235 e. The molecule has 0 radical (unpaired) electrons. The minimum absolute atomic E-state index is 0.0591. The second kappa shape index (κ2) is 7.37. The topological polar surface area (TPSA) is 58.2 Å². The highest BCUT2D eigenvalue weighted by Gasteiger charge is 2.56. The maximum absolute atomic E-state index is 12.6. The van der Waals surface area contributed by atoms with Gasteiger partial charge in [0.1, 0.15) is 5.41 Å². The Bertz CT molecular complexity index is 599. The lowest BCUT2D eigenvalue weighted by Gasteiger charge is -2.21. The summed E-state index contributed by atoms with van der Waals surface area (Å²) >= 11 is 0. The van der Waals surface area contributed by atoms with Crippen molar-refractivity contribution in [1.29, 1.82) is 0 Å². The average Bonchev–Trinajstić information content (AvgIpc) is 3.38. The van der Waals surface area contributed by atoms with E-state index < -0.39 is 5.41 Å². The van der Waals surface area contributed by atoms with Crippen molar-refractivity contribution < 1.29 is 9.59 Å². The Labute approximate surface area is 144 Å². The first-order chi connectivity index (χ1) is 11.6. The predicted molar refractivity (Wildman–Crippen MR) is 94.3 cm³/mol. The molecule has 130 valence electrons. The standard InChI is InChI=1S/C20H28N2O2/c1-15-7-6-8-16(13-15)14-21-18(23)20(11-12-20)19(24)22-17-9-4-2-3-5-10-17/h6-8,13,17H,2-5,9-12,14H2,1H3,(H,21,23)(H,22,24). The summed E-state index contributed by atoms with van der Waals surface area (Å²) in [6, 6.07) is 8.34. The fraction of sp³-hybridized carbons (Fsp3) is 0.600. The molecule has 0 spiro atoms. The summed E-state index contributed by atoms with van der Waals surface area (Å²) in [4.78, 5) is 25.2. The highest BCUT2D eigenvalue weighted by Crippen LogP contribution is 2.46. The second-order valence-corrected chi connectivity index (χ2v) is 7.42. The van der Waals surface area contributed by atoms with Crippen LogP contribution in [0.25, 0.3) is 0 Å². The zero-order valence-corrected chi connectivity index (χ0v) is 14.6. The fourth-order valence-electron chi connectivity index (χ4n) is 3.60. The molecule has 2 amide bonds. The number of hydrogen-bond acceptors (Lipinski definition) is 2. The van der Waals surface area contributed by atoms with Crippen LogP contribution < -0.4 is 10.6 Å². The molecule has 24 heavy (non-hydrogen) atoms. The quantitative estimate of drug-likeness (QED) is 0.644. The van der Waals surface area contributed by atoms with Crippen LogP contribution >= 0.6 is 0 Å². The number of hydrogen-bond donors (Lipinski definition) is 2. The zero-order chi connectivity index (χ0) is 17.0. The summed E-state index contributed by atoms with van der Waals surface area (Å²) in [5, 5.41) is 6.11. The Kier molecular flexibility index (Phi) is 5.22. The third-order valence-electron chi connectivity index (χ3n) is 5.35. The first-order valence-electron chi connectivity index (χ1n) is 9.25. The van der Waals surface area contributed by atoms with Gasteiger partial charge in [-0.25, -0.2) is 0 Å². The predicted octanol–water partition coefficient (Wildman–Crippen LogP) is 3.23. The molecule has 0 unspecified atom stereocenters. The second-order valence-electron chi connectivity index (χ2n) is 7.42. The number of aryl methyl sites for hydroxylation is 1. The highest BCUT2D eigenvalue weighted by molar-refractivity contribution is 6.07. The van der Waals surface area contributed by atoms with Gasteiger partial charge < -0.3 is 10.6 Å². The van der Waals surface area contributed by atoms with Crippen LogP contribution in [0.2, 0.25) is 0 Å². The molecule has 0 saturated heterocycles. The molecule has 2 saturated carbocycles. The molecule has 1 aromatic rings. The largest absolute Gasteiger partial charge is 0.352 e. The van der Waals surface area contributed by atoms with Crippen LogP contribution in [0.3, 0.4) is 0 Å². The lowest BCUT2D eigenvalue weighted by Crippen LogP contribution is -2.46.